The number of carbonyl (C=O) groups excluding carboxylic acids is 2. The highest BCUT2D eigenvalue weighted by Crippen LogP contribution is 2.27. The minimum absolute atomic E-state index is 0.0504. The van der Waals surface area contributed by atoms with Crippen molar-refractivity contribution in [3.05, 3.63) is 59.7 Å². The first kappa shape index (κ1) is 19.0. The first-order chi connectivity index (χ1) is 12.2. The number of anilines is 1. The smallest absolute Gasteiger partial charge is 0.265 e. The Balaban J connectivity index is 2.38. The Labute approximate surface area is 149 Å². The SMILES string of the molecule is COc1ccc(C=CC(=O)[O-])cc1S(=O)(=O)Nc1ccc(C(=O)[O-])cc1. The molecule has 2 aromatic rings. The molecular formula is C17H13NO7S-2. The molecule has 0 unspecified atom stereocenters. The summed E-state index contributed by atoms with van der Waals surface area (Å²) in [6, 6.07) is 9.03. The first-order valence-electron chi connectivity index (χ1n) is 7.14. The normalized spacial score (nSPS) is 11.3. The molecule has 2 rings (SSSR count). The lowest BCUT2D eigenvalue weighted by atomic mass is 10.2. The van der Waals surface area contributed by atoms with Crippen molar-refractivity contribution in [2.24, 2.45) is 0 Å². The number of rotatable bonds is 7. The van der Waals surface area contributed by atoms with Crippen LogP contribution in [-0.2, 0) is 14.8 Å². The number of ether oxygens (including phenoxy) is 1. The van der Waals surface area contributed by atoms with E-state index in [1.54, 1.807) is 0 Å². The summed E-state index contributed by atoms with van der Waals surface area (Å²) in [6.07, 6.45) is 1.95. The predicted octanol–water partition coefficient (Wildman–Crippen LogP) is -0.377. The predicted molar refractivity (Wildman–Crippen MR) is 88.6 cm³/mol. The number of carbonyl (C=O) groups is 2. The molecule has 0 radical (unpaired) electrons. The third-order valence-corrected chi connectivity index (χ3v) is 4.66. The Morgan fingerprint density at radius 3 is 2.27 bits per heavy atom. The van der Waals surface area contributed by atoms with Gasteiger partial charge in [-0.25, -0.2) is 8.42 Å². The monoisotopic (exact) mass is 375 g/mol. The molecule has 0 heterocycles. The average molecular weight is 375 g/mol. The average Bonchev–Trinajstić information content (AvgIpc) is 2.59. The molecule has 0 saturated heterocycles. The fraction of sp³-hybridized carbons (Fsp3) is 0.0588. The number of hydrogen-bond donors (Lipinski definition) is 1. The molecule has 8 nitrogen and oxygen atoms in total. The zero-order chi connectivity index (χ0) is 19.3. The number of benzene rings is 2. The molecular weight excluding hydrogens is 362 g/mol. The number of methoxy groups -OCH3 is 1. The third-order valence-electron chi connectivity index (χ3n) is 3.26. The highest BCUT2D eigenvalue weighted by atomic mass is 32.2. The van der Waals surface area contributed by atoms with Crippen LogP contribution in [0.15, 0.2) is 53.4 Å². The molecule has 0 aliphatic heterocycles. The van der Waals surface area contributed by atoms with Crippen LogP contribution in [0.3, 0.4) is 0 Å². The number of sulfonamides is 1. The molecule has 0 saturated carbocycles. The number of nitrogens with one attached hydrogen (secondary N) is 1. The number of aliphatic carboxylic acids is 1. The van der Waals surface area contributed by atoms with Crippen molar-refractivity contribution in [1.82, 2.24) is 0 Å². The summed E-state index contributed by atoms with van der Waals surface area (Å²) in [5, 5.41) is 21.2. The summed E-state index contributed by atoms with van der Waals surface area (Å²) in [7, 11) is -2.79. The molecule has 0 fully saturated rings. The van der Waals surface area contributed by atoms with E-state index in [2.05, 4.69) is 4.72 Å². The maximum absolute atomic E-state index is 12.6. The van der Waals surface area contributed by atoms with E-state index in [0.29, 0.717) is 5.56 Å². The van der Waals surface area contributed by atoms with Crippen molar-refractivity contribution >= 4 is 33.7 Å². The van der Waals surface area contributed by atoms with Crippen LogP contribution in [0.4, 0.5) is 5.69 Å². The van der Waals surface area contributed by atoms with Crippen LogP contribution < -0.4 is 19.7 Å². The van der Waals surface area contributed by atoms with Gasteiger partial charge in [0.1, 0.15) is 10.6 Å². The number of carboxylic acids is 2. The largest absolute Gasteiger partial charge is 0.545 e. The lowest BCUT2D eigenvalue weighted by molar-refractivity contribution is -0.297. The Morgan fingerprint density at radius 1 is 1.08 bits per heavy atom. The Morgan fingerprint density at radius 2 is 1.73 bits per heavy atom. The van der Waals surface area contributed by atoms with Gasteiger partial charge in [-0.1, -0.05) is 24.3 Å². The van der Waals surface area contributed by atoms with Crippen LogP contribution >= 0.6 is 0 Å². The van der Waals surface area contributed by atoms with E-state index in [-0.39, 0.29) is 21.9 Å². The molecule has 0 aliphatic rings. The third kappa shape index (κ3) is 4.61. The van der Waals surface area contributed by atoms with Crippen molar-refractivity contribution in [1.29, 1.82) is 0 Å². The second kappa shape index (κ2) is 7.70. The van der Waals surface area contributed by atoms with E-state index >= 15 is 0 Å². The molecule has 0 spiro atoms. The molecule has 0 atom stereocenters. The van der Waals surface area contributed by atoms with Crippen LogP contribution in [0.25, 0.3) is 6.08 Å². The first-order valence-corrected chi connectivity index (χ1v) is 8.62. The van der Waals surface area contributed by atoms with Gasteiger partial charge in [0.15, 0.2) is 0 Å². The lowest BCUT2D eigenvalue weighted by Gasteiger charge is -2.13. The molecule has 26 heavy (non-hydrogen) atoms. The Bertz CT molecular complexity index is 963. The van der Waals surface area contributed by atoms with E-state index < -0.39 is 22.0 Å². The van der Waals surface area contributed by atoms with Crippen molar-refractivity contribution in [3.8, 4) is 5.75 Å². The Hall–Kier alpha value is -3.33. The van der Waals surface area contributed by atoms with Crippen LogP contribution in [0, 0.1) is 0 Å². The summed E-state index contributed by atoms with van der Waals surface area (Å²) >= 11 is 0. The van der Waals surface area contributed by atoms with Crippen molar-refractivity contribution in [2.45, 2.75) is 4.90 Å². The highest BCUT2D eigenvalue weighted by Gasteiger charge is 2.20. The quantitative estimate of drug-likeness (QED) is 0.652. The van der Waals surface area contributed by atoms with Gasteiger partial charge < -0.3 is 24.5 Å². The molecule has 136 valence electrons. The summed E-state index contributed by atoms with van der Waals surface area (Å²) in [6.45, 7) is 0. The van der Waals surface area contributed by atoms with Crippen molar-refractivity contribution in [2.75, 3.05) is 11.8 Å². The second-order valence-corrected chi connectivity index (χ2v) is 6.68. The van der Waals surface area contributed by atoms with Gasteiger partial charge in [0.2, 0.25) is 0 Å². The van der Waals surface area contributed by atoms with Gasteiger partial charge in [0.05, 0.1) is 19.0 Å². The fourth-order valence-corrected chi connectivity index (χ4v) is 3.32. The fourth-order valence-electron chi connectivity index (χ4n) is 2.06. The number of hydrogen-bond acceptors (Lipinski definition) is 7. The topological polar surface area (TPSA) is 136 Å². The van der Waals surface area contributed by atoms with Gasteiger partial charge in [-0.05, 0) is 41.5 Å². The summed E-state index contributed by atoms with van der Waals surface area (Å²) in [4.78, 5) is 21.0. The highest BCUT2D eigenvalue weighted by molar-refractivity contribution is 7.92. The van der Waals surface area contributed by atoms with E-state index in [4.69, 9.17) is 4.74 Å². The lowest BCUT2D eigenvalue weighted by Crippen LogP contribution is -2.22. The summed E-state index contributed by atoms with van der Waals surface area (Å²) in [5.41, 5.74) is 0.343. The zero-order valence-corrected chi connectivity index (χ0v) is 14.3. The van der Waals surface area contributed by atoms with E-state index in [1.165, 1.54) is 55.7 Å². The number of carboxylic acid groups (broad SMARTS) is 2. The van der Waals surface area contributed by atoms with Gasteiger partial charge in [-0.3, -0.25) is 4.72 Å². The summed E-state index contributed by atoms with van der Waals surface area (Å²) in [5.74, 6) is -2.75. The Kier molecular flexibility index (Phi) is 5.63. The van der Waals surface area contributed by atoms with Gasteiger partial charge in [-0.15, -0.1) is 0 Å². The zero-order valence-electron chi connectivity index (χ0n) is 13.5. The van der Waals surface area contributed by atoms with E-state index in [1.807, 2.05) is 0 Å². The van der Waals surface area contributed by atoms with E-state index in [9.17, 15) is 28.2 Å². The van der Waals surface area contributed by atoms with Crippen LogP contribution in [0.2, 0.25) is 0 Å². The molecule has 0 aliphatic carbocycles. The van der Waals surface area contributed by atoms with Crippen LogP contribution in [0.5, 0.6) is 5.75 Å². The van der Waals surface area contributed by atoms with Crippen molar-refractivity contribution in [3.63, 3.8) is 0 Å². The molecule has 2 aromatic carbocycles. The second-order valence-electron chi connectivity index (χ2n) is 5.03. The molecule has 9 heteroatoms. The van der Waals surface area contributed by atoms with E-state index in [0.717, 1.165) is 6.08 Å². The van der Waals surface area contributed by atoms with Crippen LogP contribution in [-0.4, -0.2) is 27.5 Å². The van der Waals surface area contributed by atoms with Crippen LogP contribution in [0.1, 0.15) is 15.9 Å². The molecule has 0 amide bonds. The minimum Gasteiger partial charge on any atom is -0.545 e. The number of aromatic carboxylic acids is 1. The maximum Gasteiger partial charge on any atom is 0.265 e. The standard InChI is InChI=1S/C17H15NO7S/c1-25-14-8-2-11(3-9-16(19)20)10-15(14)26(23,24)18-13-6-4-12(5-7-13)17(21)22/h2-10,18H,1H3,(H,19,20)(H,21,22)/p-2. The van der Waals surface area contributed by atoms with Gasteiger partial charge in [-0.2, -0.15) is 0 Å². The molecule has 0 bridgehead atoms. The van der Waals surface area contributed by atoms with Gasteiger partial charge in [0, 0.05) is 5.69 Å². The van der Waals surface area contributed by atoms with Gasteiger partial charge in [0.25, 0.3) is 10.0 Å². The minimum atomic E-state index is -4.09. The van der Waals surface area contributed by atoms with Crippen molar-refractivity contribution < 1.29 is 33.0 Å². The summed E-state index contributed by atoms with van der Waals surface area (Å²) < 4.78 is 32.6. The molecule has 1 N–H and O–H groups in total. The van der Waals surface area contributed by atoms with Gasteiger partial charge >= 0.3 is 0 Å². The molecule has 0 aromatic heterocycles. The maximum atomic E-state index is 12.6.